The predicted octanol–water partition coefficient (Wildman–Crippen LogP) is 4.49. The summed E-state index contributed by atoms with van der Waals surface area (Å²) in [7, 11) is 1.58. The summed E-state index contributed by atoms with van der Waals surface area (Å²) in [6, 6.07) is 14.0. The van der Waals surface area contributed by atoms with Crippen LogP contribution in [-0.4, -0.2) is 40.8 Å². The standard InChI is InChI=1S/C21H20ClN3O3S/c1-3-12-25-20(27)18(29-21(25)24-16-6-4-14(22)5-7-16)13-19(26)23-15-8-10-17(28-2)11-9-15/h3-11,18H,1,12-13H2,2H3,(H,23,26)/t18-/m1/s1. The second kappa shape index (κ2) is 9.62. The molecule has 1 aliphatic heterocycles. The first kappa shape index (κ1) is 21.0. The van der Waals surface area contributed by atoms with E-state index in [1.807, 2.05) is 0 Å². The lowest BCUT2D eigenvalue weighted by molar-refractivity contribution is -0.127. The number of nitrogens with zero attached hydrogens (tertiary/aromatic N) is 2. The Bertz CT molecular complexity index is 929. The van der Waals surface area contributed by atoms with E-state index in [2.05, 4.69) is 16.9 Å². The average Bonchev–Trinajstić information content (AvgIpc) is 2.99. The van der Waals surface area contributed by atoms with Crippen LogP contribution in [0.2, 0.25) is 5.02 Å². The molecule has 1 fully saturated rings. The normalized spacial score (nSPS) is 17.4. The molecule has 0 aromatic heterocycles. The van der Waals surface area contributed by atoms with Gasteiger partial charge in [-0.2, -0.15) is 0 Å². The van der Waals surface area contributed by atoms with Gasteiger partial charge >= 0.3 is 0 Å². The van der Waals surface area contributed by atoms with Crippen molar-refractivity contribution in [2.45, 2.75) is 11.7 Å². The molecule has 1 aliphatic rings. The largest absolute Gasteiger partial charge is 0.497 e. The number of benzene rings is 2. The molecule has 0 radical (unpaired) electrons. The van der Waals surface area contributed by atoms with Crippen LogP contribution in [0.4, 0.5) is 11.4 Å². The molecule has 3 rings (SSSR count). The first-order valence-corrected chi connectivity index (χ1v) is 10.1. The highest BCUT2D eigenvalue weighted by Gasteiger charge is 2.38. The zero-order chi connectivity index (χ0) is 20.8. The molecule has 8 heteroatoms. The van der Waals surface area contributed by atoms with Crippen molar-refractivity contribution in [3.63, 3.8) is 0 Å². The molecule has 2 aromatic rings. The summed E-state index contributed by atoms with van der Waals surface area (Å²) >= 11 is 7.19. The molecule has 1 heterocycles. The van der Waals surface area contributed by atoms with Crippen molar-refractivity contribution in [2.75, 3.05) is 19.0 Å². The minimum absolute atomic E-state index is 0.0445. The number of hydrogen-bond donors (Lipinski definition) is 1. The van der Waals surface area contributed by atoms with E-state index in [1.54, 1.807) is 61.7 Å². The number of amidine groups is 1. The molecule has 2 amide bonds. The van der Waals surface area contributed by atoms with E-state index < -0.39 is 5.25 Å². The van der Waals surface area contributed by atoms with Gasteiger partial charge in [-0.3, -0.25) is 14.5 Å². The maximum Gasteiger partial charge on any atom is 0.242 e. The van der Waals surface area contributed by atoms with Gasteiger partial charge in [-0.1, -0.05) is 29.4 Å². The van der Waals surface area contributed by atoms with Crippen LogP contribution in [0.5, 0.6) is 5.75 Å². The van der Waals surface area contributed by atoms with Gasteiger partial charge in [-0.15, -0.1) is 6.58 Å². The number of hydrogen-bond acceptors (Lipinski definition) is 5. The number of thioether (sulfide) groups is 1. The maximum atomic E-state index is 12.8. The summed E-state index contributed by atoms with van der Waals surface area (Å²) in [5.41, 5.74) is 1.33. The number of anilines is 1. The third-order valence-corrected chi connectivity index (χ3v) is 5.55. The molecule has 0 aliphatic carbocycles. The number of amides is 2. The van der Waals surface area contributed by atoms with Crippen LogP contribution in [0.25, 0.3) is 0 Å². The second-order valence-electron chi connectivity index (χ2n) is 6.20. The fraction of sp³-hybridized carbons (Fsp3) is 0.190. The third kappa shape index (κ3) is 5.40. The summed E-state index contributed by atoms with van der Waals surface area (Å²) in [6.07, 6.45) is 1.68. The molecular weight excluding hydrogens is 410 g/mol. The zero-order valence-electron chi connectivity index (χ0n) is 15.8. The Kier molecular flexibility index (Phi) is 6.95. The van der Waals surface area contributed by atoms with E-state index in [-0.39, 0.29) is 18.2 Å². The van der Waals surface area contributed by atoms with Crippen LogP contribution >= 0.6 is 23.4 Å². The minimum Gasteiger partial charge on any atom is -0.497 e. The van der Waals surface area contributed by atoms with Crippen molar-refractivity contribution in [3.8, 4) is 5.75 Å². The fourth-order valence-electron chi connectivity index (χ4n) is 2.70. The SMILES string of the molecule is C=CCN1C(=O)[C@@H](CC(=O)Nc2ccc(OC)cc2)SC1=Nc1ccc(Cl)cc1. The van der Waals surface area contributed by atoms with Crippen LogP contribution in [0.15, 0.2) is 66.2 Å². The monoisotopic (exact) mass is 429 g/mol. The molecule has 29 heavy (non-hydrogen) atoms. The molecular formula is C21H20ClN3O3S. The van der Waals surface area contributed by atoms with Gasteiger partial charge in [-0.05, 0) is 48.5 Å². The van der Waals surface area contributed by atoms with Crippen molar-refractivity contribution < 1.29 is 14.3 Å². The fourth-order valence-corrected chi connectivity index (χ4v) is 4.00. The number of methoxy groups -OCH3 is 1. The average molecular weight is 430 g/mol. The van der Waals surface area contributed by atoms with Crippen molar-refractivity contribution in [3.05, 3.63) is 66.2 Å². The first-order chi connectivity index (χ1) is 14.0. The summed E-state index contributed by atoms with van der Waals surface area (Å²) in [5.74, 6) is 0.299. The maximum absolute atomic E-state index is 12.8. The Hall–Kier alpha value is -2.77. The number of halogens is 1. The van der Waals surface area contributed by atoms with E-state index in [9.17, 15) is 9.59 Å². The number of nitrogens with one attached hydrogen (secondary N) is 1. The van der Waals surface area contributed by atoms with Gasteiger partial charge in [0.05, 0.1) is 12.8 Å². The molecule has 0 spiro atoms. The van der Waals surface area contributed by atoms with Crippen LogP contribution < -0.4 is 10.1 Å². The Morgan fingerprint density at radius 3 is 2.59 bits per heavy atom. The molecule has 1 N–H and O–H groups in total. The number of aliphatic imine (C=N–C) groups is 1. The van der Waals surface area contributed by atoms with Crippen molar-refractivity contribution in [2.24, 2.45) is 4.99 Å². The highest BCUT2D eigenvalue weighted by molar-refractivity contribution is 8.15. The summed E-state index contributed by atoms with van der Waals surface area (Å²) in [4.78, 5) is 31.3. The van der Waals surface area contributed by atoms with Gasteiger partial charge in [0.25, 0.3) is 0 Å². The molecule has 1 atom stereocenters. The lowest BCUT2D eigenvalue weighted by Gasteiger charge is -2.13. The smallest absolute Gasteiger partial charge is 0.242 e. The van der Waals surface area contributed by atoms with Crippen molar-refractivity contribution in [1.82, 2.24) is 4.90 Å². The van der Waals surface area contributed by atoms with Gasteiger partial charge in [0, 0.05) is 23.7 Å². The number of ether oxygens (including phenoxy) is 1. The Morgan fingerprint density at radius 1 is 1.28 bits per heavy atom. The highest BCUT2D eigenvalue weighted by Crippen LogP contribution is 2.32. The lowest BCUT2D eigenvalue weighted by Crippen LogP contribution is -2.33. The van der Waals surface area contributed by atoms with Gasteiger partial charge in [0.1, 0.15) is 11.0 Å². The highest BCUT2D eigenvalue weighted by atomic mass is 35.5. The van der Waals surface area contributed by atoms with E-state index in [1.165, 1.54) is 16.7 Å². The first-order valence-electron chi connectivity index (χ1n) is 8.87. The lowest BCUT2D eigenvalue weighted by atomic mass is 10.2. The van der Waals surface area contributed by atoms with E-state index >= 15 is 0 Å². The van der Waals surface area contributed by atoms with Crippen LogP contribution in [0.3, 0.4) is 0 Å². The molecule has 2 aromatic carbocycles. The predicted molar refractivity (Wildman–Crippen MR) is 118 cm³/mol. The van der Waals surface area contributed by atoms with Crippen LogP contribution in [0.1, 0.15) is 6.42 Å². The summed E-state index contributed by atoms with van der Waals surface area (Å²) < 4.78 is 5.10. The second-order valence-corrected chi connectivity index (χ2v) is 7.80. The van der Waals surface area contributed by atoms with Crippen LogP contribution in [0, 0.1) is 0 Å². The third-order valence-electron chi connectivity index (χ3n) is 4.13. The van der Waals surface area contributed by atoms with Crippen LogP contribution in [-0.2, 0) is 9.59 Å². The summed E-state index contributed by atoms with van der Waals surface area (Å²) in [6.45, 7) is 4.03. The molecule has 1 saturated heterocycles. The number of carbonyl (C=O) groups is 2. The van der Waals surface area contributed by atoms with E-state index in [4.69, 9.17) is 16.3 Å². The van der Waals surface area contributed by atoms with Gasteiger partial charge in [0.15, 0.2) is 5.17 Å². The Labute approximate surface area is 178 Å². The van der Waals surface area contributed by atoms with Gasteiger partial charge in [-0.25, -0.2) is 4.99 Å². The molecule has 0 unspecified atom stereocenters. The van der Waals surface area contributed by atoms with E-state index in [0.29, 0.717) is 33.9 Å². The molecule has 6 nitrogen and oxygen atoms in total. The number of rotatable bonds is 7. The molecule has 150 valence electrons. The summed E-state index contributed by atoms with van der Waals surface area (Å²) in [5, 5.41) is 3.42. The quantitative estimate of drug-likeness (QED) is 0.658. The number of carbonyl (C=O) groups excluding carboxylic acids is 2. The minimum atomic E-state index is -0.542. The molecule has 0 bridgehead atoms. The Morgan fingerprint density at radius 2 is 1.97 bits per heavy atom. The Balaban J connectivity index is 1.70. The topological polar surface area (TPSA) is 71.0 Å². The van der Waals surface area contributed by atoms with Gasteiger partial charge < -0.3 is 10.1 Å². The van der Waals surface area contributed by atoms with Crippen molar-refractivity contribution in [1.29, 1.82) is 0 Å². The zero-order valence-corrected chi connectivity index (χ0v) is 17.4. The van der Waals surface area contributed by atoms with E-state index in [0.717, 1.165) is 0 Å². The van der Waals surface area contributed by atoms with Gasteiger partial charge in [0.2, 0.25) is 11.8 Å². The molecule has 0 saturated carbocycles. The van der Waals surface area contributed by atoms with Crippen molar-refractivity contribution >= 4 is 51.7 Å².